The maximum absolute atomic E-state index is 11.1. The average molecular weight is 338 g/mol. The second kappa shape index (κ2) is 6.93. The van der Waals surface area contributed by atoms with E-state index in [4.69, 9.17) is 10.5 Å². The van der Waals surface area contributed by atoms with E-state index < -0.39 is 5.91 Å². The van der Waals surface area contributed by atoms with Crippen molar-refractivity contribution < 1.29 is 9.53 Å². The highest BCUT2D eigenvalue weighted by atomic mass is 16.5. The van der Waals surface area contributed by atoms with Crippen LogP contribution >= 0.6 is 0 Å². The van der Waals surface area contributed by atoms with Crippen LogP contribution in [-0.4, -0.2) is 29.0 Å². The fourth-order valence-electron chi connectivity index (χ4n) is 2.64. The number of hydrogen-bond donors (Lipinski definition) is 2. The number of amides is 1. The first-order valence-corrected chi connectivity index (χ1v) is 8.31. The Morgan fingerprint density at radius 3 is 2.68 bits per heavy atom. The highest BCUT2D eigenvalue weighted by molar-refractivity contribution is 5.92. The molecule has 3 rings (SSSR count). The van der Waals surface area contributed by atoms with E-state index in [1.165, 1.54) is 5.56 Å². The van der Waals surface area contributed by atoms with Gasteiger partial charge in [0.25, 0.3) is 0 Å². The van der Waals surface area contributed by atoms with Crippen LogP contribution in [0.25, 0.3) is 11.3 Å². The molecule has 1 aromatic heterocycles. The molecule has 6 nitrogen and oxygen atoms in total. The molecule has 0 fully saturated rings. The molecule has 130 valence electrons. The number of aromatic nitrogens is 2. The van der Waals surface area contributed by atoms with Crippen molar-refractivity contribution in [2.75, 3.05) is 18.5 Å². The zero-order valence-electron chi connectivity index (χ0n) is 14.5. The van der Waals surface area contributed by atoms with Gasteiger partial charge in [-0.15, -0.1) is 0 Å². The van der Waals surface area contributed by atoms with Crippen LogP contribution in [0.4, 0.5) is 5.95 Å². The molecule has 0 radical (unpaired) electrons. The quantitative estimate of drug-likeness (QED) is 0.790. The van der Waals surface area contributed by atoms with Crippen LogP contribution in [0.2, 0.25) is 0 Å². The van der Waals surface area contributed by atoms with E-state index in [1.807, 2.05) is 12.1 Å². The van der Waals surface area contributed by atoms with Crippen molar-refractivity contribution in [2.24, 2.45) is 5.73 Å². The number of nitrogens with two attached hydrogens (primary N) is 1. The summed E-state index contributed by atoms with van der Waals surface area (Å²) >= 11 is 0. The largest absolute Gasteiger partial charge is 0.489 e. The van der Waals surface area contributed by atoms with Crippen molar-refractivity contribution in [1.29, 1.82) is 0 Å². The molecule has 0 bridgehead atoms. The van der Waals surface area contributed by atoms with Crippen molar-refractivity contribution >= 4 is 11.9 Å². The van der Waals surface area contributed by atoms with E-state index in [9.17, 15) is 4.79 Å². The fourth-order valence-corrected chi connectivity index (χ4v) is 2.64. The van der Waals surface area contributed by atoms with Gasteiger partial charge in [-0.1, -0.05) is 44.7 Å². The smallest absolute Gasteiger partial charge is 0.245 e. The fraction of sp³-hybridized carbons (Fsp3) is 0.316. The first-order valence-electron chi connectivity index (χ1n) is 8.31. The van der Waals surface area contributed by atoms with E-state index >= 15 is 0 Å². The Balaban J connectivity index is 1.92. The van der Waals surface area contributed by atoms with E-state index in [0.29, 0.717) is 18.5 Å². The van der Waals surface area contributed by atoms with Crippen LogP contribution in [0.3, 0.4) is 0 Å². The first kappa shape index (κ1) is 17.0. The zero-order valence-corrected chi connectivity index (χ0v) is 14.5. The second-order valence-corrected chi connectivity index (χ2v) is 6.37. The van der Waals surface area contributed by atoms with Gasteiger partial charge >= 0.3 is 0 Å². The highest BCUT2D eigenvalue weighted by Gasteiger charge is 2.22. The van der Waals surface area contributed by atoms with Gasteiger partial charge in [0, 0.05) is 24.1 Å². The third-order valence-electron chi connectivity index (χ3n) is 4.18. The number of rotatable bonds is 6. The van der Waals surface area contributed by atoms with Crippen LogP contribution in [0.15, 0.2) is 36.4 Å². The number of carbonyl (C=O) groups excluding carboxylic acids is 1. The molecule has 0 unspecified atom stereocenters. The Hall–Kier alpha value is -2.89. The summed E-state index contributed by atoms with van der Waals surface area (Å²) in [5.74, 6) is 1.10. The lowest BCUT2D eigenvalue weighted by atomic mass is 10.0. The van der Waals surface area contributed by atoms with Crippen LogP contribution in [-0.2, 0) is 11.2 Å². The Kier molecular flexibility index (Phi) is 4.70. The van der Waals surface area contributed by atoms with Gasteiger partial charge in [-0.2, -0.15) is 0 Å². The van der Waals surface area contributed by atoms with Crippen molar-refractivity contribution in [3.63, 3.8) is 0 Å². The molecule has 6 heteroatoms. The molecule has 2 aromatic rings. The summed E-state index contributed by atoms with van der Waals surface area (Å²) in [6.07, 6.45) is 0.736. The first-order chi connectivity index (χ1) is 12.0. The number of benzene rings is 1. The van der Waals surface area contributed by atoms with E-state index in [-0.39, 0.29) is 12.1 Å². The van der Waals surface area contributed by atoms with Gasteiger partial charge in [0.05, 0.1) is 12.3 Å². The molecular formula is C19H22N4O2. The van der Waals surface area contributed by atoms with Gasteiger partial charge in [-0.25, -0.2) is 9.97 Å². The lowest BCUT2D eigenvalue weighted by molar-refractivity contribution is -0.114. The molecule has 1 amide bonds. The average Bonchev–Trinajstić information content (AvgIpc) is 3.07. The molecule has 0 saturated carbocycles. The molecule has 3 N–H and O–H groups in total. The minimum atomic E-state index is -0.540. The standard InChI is InChI=1S/C19H22N4O2/c1-11(2)13-4-6-14(7-5-13)16-17-15(8-9-25-17)22-19(23-16)21-10-12(3)18(20)24/h4-7,11H,3,8-10H2,1-2H3,(H2,20,24)(H,21,22,23). The highest BCUT2D eigenvalue weighted by Crippen LogP contribution is 2.35. The third-order valence-corrected chi connectivity index (χ3v) is 4.18. The lowest BCUT2D eigenvalue weighted by Gasteiger charge is -2.12. The van der Waals surface area contributed by atoms with Crippen molar-refractivity contribution in [2.45, 2.75) is 26.2 Å². The summed E-state index contributed by atoms with van der Waals surface area (Å²) in [5, 5.41) is 3.02. The van der Waals surface area contributed by atoms with Gasteiger partial charge in [-0.3, -0.25) is 4.79 Å². The summed E-state index contributed by atoms with van der Waals surface area (Å²) < 4.78 is 5.74. The molecule has 0 atom stereocenters. The lowest BCUT2D eigenvalue weighted by Crippen LogP contribution is -2.20. The molecule has 0 aliphatic carbocycles. The molecule has 0 spiro atoms. The maximum Gasteiger partial charge on any atom is 0.245 e. The van der Waals surface area contributed by atoms with Gasteiger partial charge in [-0.05, 0) is 11.5 Å². The SMILES string of the molecule is C=C(CNc1nc2c(c(-c3ccc(C(C)C)cc3)n1)OCC2)C(N)=O. The van der Waals surface area contributed by atoms with Gasteiger partial charge in [0.2, 0.25) is 11.9 Å². The third kappa shape index (κ3) is 3.63. The van der Waals surface area contributed by atoms with E-state index in [2.05, 4.69) is 47.8 Å². The molecule has 1 aromatic carbocycles. The monoisotopic (exact) mass is 338 g/mol. The van der Waals surface area contributed by atoms with E-state index in [1.54, 1.807) is 0 Å². The van der Waals surface area contributed by atoms with Gasteiger partial charge in [0.15, 0.2) is 5.75 Å². The summed E-state index contributed by atoms with van der Waals surface area (Å²) in [4.78, 5) is 20.2. The van der Waals surface area contributed by atoms with Crippen molar-refractivity contribution in [3.05, 3.63) is 47.7 Å². The number of fused-ring (bicyclic) bond motifs is 1. The Labute approximate surface area is 147 Å². The second-order valence-electron chi connectivity index (χ2n) is 6.37. The van der Waals surface area contributed by atoms with Crippen LogP contribution in [0, 0.1) is 0 Å². The van der Waals surface area contributed by atoms with Crippen LogP contribution in [0.5, 0.6) is 5.75 Å². The zero-order chi connectivity index (χ0) is 18.0. The topological polar surface area (TPSA) is 90.1 Å². The molecule has 25 heavy (non-hydrogen) atoms. The number of hydrogen-bond acceptors (Lipinski definition) is 5. The maximum atomic E-state index is 11.1. The molecular weight excluding hydrogens is 316 g/mol. The summed E-state index contributed by atoms with van der Waals surface area (Å²) in [5.41, 5.74) is 9.36. The number of carbonyl (C=O) groups is 1. The van der Waals surface area contributed by atoms with Crippen molar-refractivity contribution in [1.82, 2.24) is 9.97 Å². The Bertz CT molecular complexity index is 813. The number of primary amides is 1. The molecule has 2 heterocycles. The predicted octanol–water partition coefficient (Wildman–Crippen LogP) is 2.66. The van der Waals surface area contributed by atoms with Crippen molar-refractivity contribution in [3.8, 4) is 17.0 Å². The number of nitrogens with zero attached hydrogens (tertiary/aromatic N) is 2. The number of nitrogens with one attached hydrogen (secondary N) is 1. The molecule has 1 aliphatic rings. The summed E-state index contributed by atoms with van der Waals surface area (Å²) in [6.45, 7) is 8.76. The van der Waals surface area contributed by atoms with Gasteiger partial charge in [0.1, 0.15) is 5.69 Å². The van der Waals surface area contributed by atoms with Gasteiger partial charge < -0.3 is 15.8 Å². The molecule has 1 aliphatic heterocycles. The normalized spacial score (nSPS) is 12.6. The van der Waals surface area contributed by atoms with E-state index in [0.717, 1.165) is 29.1 Å². The Morgan fingerprint density at radius 1 is 1.32 bits per heavy atom. The minimum absolute atomic E-state index is 0.209. The summed E-state index contributed by atoms with van der Waals surface area (Å²) in [6, 6.07) is 8.30. The summed E-state index contributed by atoms with van der Waals surface area (Å²) in [7, 11) is 0. The minimum Gasteiger partial charge on any atom is -0.489 e. The Morgan fingerprint density at radius 2 is 2.04 bits per heavy atom. The predicted molar refractivity (Wildman–Crippen MR) is 97.6 cm³/mol. The molecule has 0 saturated heterocycles. The number of anilines is 1. The van der Waals surface area contributed by atoms with Crippen LogP contribution in [0.1, 0.15) is 31.0 Å². The van der Waals surface area contributed by atoms with Crippen LogP contribution < -0.4 is 15.8 Å². The number of ether oxygens (including phenoxy) is 1.